The van der Waals surface area contributed by atoms with Crippen molar-refractivity contribution in [2.24, 2.45) is 0 Å². The number of amides is 2. The number of rotatable bonds is 8. The zero-order chi connectivity index (χ0) is 16.5. The number of nitrogens with zero attached hydrogens (tertiary/aromatic N) is 1. The quantitative estimate of drug-likeness (QED) is 0.690. The van der Waals surface area contributed by atoms with Crippen molar-refractivity contribution in [1.29, 1.82) is 0 Å². The molecule has 1 aromatic heterocycles. The van der Waals surface area contributed by atoms with E-state index >= 15 is 0 Å². The molecule has 2 amide bonds. The molecule has 2 heterocycles. The van der Waals surface area contributed by atoms with Crippen LogP contribution in [0.3, 0.4) is 0 Å². The molecule has 1 aliphatic heterocycles. The third-order valence-electron chi connectivity index (χ3n) is 3.59. The van der Waals surface area contributed by atoms with Gasteiger partial charge in [0, 0.05) is 45.8 Å². The minimum Gasteiger partial charge on any atom is -0.385 e. The first-order chi connectivity index (χ1) is 11.2. The molecule has 1 fully saturated rings. The third-order valence-corrected chi connectivity index (χ3v) is 3.59. The Labute approximate surface area is 135 Å². The van der Waals surface area contributed by atoms with Gasteiger partial charge in [-0.3, -0.25) is 14.6 Å². The highest BCUT2D eigenvalue weighted by molar-refractivity contribution is 5.99. The van der Waals surface area contributed by atoms with Gasteiger partial charge in [0.05, 0.1) is 17.2 Å². The minimum absolute atomic E-state index is 0.0826. The van der Waals surface area contributed by atoms with E-state index in [4.69, 9.17) is 9.47 Å². The van der Waals surface area contributed by atoms with Crippen molar-refractivity contribution in [3.05, 3.63) is 29.6 Å². The Morgan fingerprint density at radius 3 is 2.70 bits per heavy atom. The van der Waals surface area contributed by atoms with Gasteiger partial charge in [-0.1, -0.05) is 0 Å². The monoisotopic (exact) mass is 321 g/mol. The minimum atomic E-state index is -0.248. The molecular formula is C16H23N3O4. The van der Waals surface area contributed by atoms with E-state index in [0.29, 0.717) is 30.8 Å². The number of aromatic nitrogens is 1. The summed E-state index contributed by atoms with van der Waals surface area (Å²) in [5.41, 5.74) is 0.736. The molecule has 7 heteroatoms. The lowest BCUT2D eigenvalue weighted by Crippen LogP contribution is -2.32. The lowest BCUT2D eigenvalue weighted by Gasteiger charge is -2.11. The van der Waals surface area contributed by atoms with E-state index in [1.807, 2.05) is 0 Å². The second-order valence-electron chi connectivity index (χ2n) is 5.41. The summed E-state index contributed by atoms with van der Waals surface area (Å²) in [6.45, 7) is 2.33. The largest absolute Gasteiger partial charge is 0.385 e. The smallest absolute Gasteiger partial charge is 0.252 e. The summed E-state index contributed by atoms with van der Waals surface area (Å²) in [5.74, 6) is -0.496. The average Bonchev–Trinajstić information content (AvgIpc) is 3.10. The Morgan fingerprint density at radius 2 is 2.04 bits per heavy atom. The van der Waals surface area contributed by atoms with Gasteiger partial charge >= 0.3 is 0 Å². The highest BCUT2D eigenvalue weighted by Crippen LogP contribution is 2.11. The van der Waals surface area contributed by atoms with Gasteiger partial charge in [-0.05, 0) is 25.3 Å². The van der Waals surface area contributed by atoms with Crippen LogP contribution in [-0.2, 0) is 9.47 Å². The maximum Gasteiger partial charge on any atom is 0.252 e. The summed E-state index contributed by atoms with van der Waals surface area (Å²) >= 11 is 0. The Morgan fingerprint density at radius 1 is 1.30 bits per heavy atom. The van der Waals surface area contributed by atoms with Gasteiger partial charge in [-0.15, -0.1) is 0 Å². The fourth-order valence-electron chi connectivity index (χ4n) is 2.32. The Hall–Kier alpha value is -1.99. The van der Waals surface area contributed by atoms with Crippen LogP contribution in [0.4, 0.5) is 0 Å². The van der Waals surface area contributed by atoms with Crippen LogP contribution in [0, 0.1) is 0 Å². The summed E-state index contributed by atoms with van der Waals surface area (Å²) in [7, 11) is 1.62. The maximum absolute atomic E-state index is 12.1. The SMILES string of the molecule is COCCCNC(=O)c1cncc(C(=O)NCC2CCCO2)c1. The first-order valence-electron chi connectivity index (χ1n) is 7.82. The van der Waals surface area contributed by atoms with Gasteiger partial charge in [-0.25, -0.2) is 0 Å². The Kier molecular flexibility index (Phi) is 6.96. The number of nitrogens with one attached hydrogen (secondary N) is 2. The van der Waals surface area contributed by atoms with Crippen LogP contribution in [0.25, 0.3) is 0 Å². The van der Waals surface area contributed by atoms with Crippen LogP contribution in [-0.4, -0.2) is 56.3 Å². The summed E-state index contributed by atoms with van der Waals surface area (Å²) in [5, 5.41) is 5.58. The second kappa shape index (κ2) is 9.22. The van der Waals surface area contributed by atoms with Crippen molar-refractivity contribution >= 4 is 11.8 Å². The van der Waals surface area contributed by atoms with Crippen LogP contribution in [0.1, 0.15) is 40.0 Å². The lowest BCUT2D eigenvalue weighted by molar-refractivity contribution is 0.0857. The van der Waals surface area contributed by atoms with Crippen LogP contribution < -0.4 is 10.6 Å². The number of carbonyl (C=O) groups is 2. The van der Waals surface area contributed by atoms with Gasteiger partial charge in [0.1, 0.15) is 0 Å². The van der Waals surface area contributed by atoms with Crippen molar-refractivity contribution in [3.8, 4) is 0 Å². The van der Waals surface area contributed by atoms with E-state index in [9.17, 15) is 9.59 Å². The van der Waals surface area contributed by atoms with E-state index in [1.54, 1.807) is 13.2 Å². The van der Waals surface area contributed by atoms with Gasteiger partial charge in [0.25, 0.3) is 11.8 Å². The molecular weight excluding hydrogens is 298 g/mol. The first kappa shape index (κ1) is 17.4. The molecule has 2 N–H and O–H groups in total. The fraction of sp³-hybridized carbons (Fsp3) is 0.562. The molecule has 0 spiro atoms. The highest BCUT2D eigenvalue weighted by Gasteiger charge is 2.17. The molecule has 2 rings (SSSR count). The maximum atomic E-state index is 12.1. The molecule has 1 atom stereocenters. The van der Waals surface area contributed by atoms with Crippen molar-refractivity contribution in [2.45, 2.75) is 25.4 Å². The van der Waals surface area contributed by atoms with Gasteiger partial charge in [0.2, 0.25) is 0 Å². The topological polar surface area (TPSA) is 89.5 Å². The first-order valence-corrected chi connectivity index (χ1v) is 7.82. The number of hydrogen-bond donors (Lipinski definition) is 2. The fourth-order valence-corrected chi connectivity index (χ4v) is 2.32. The predicted molar refractivity (Wildman–Crippen MR) is 84.4 cm³/mol. The van der Waals surface area contributed by atoms with Gasteiger partial charge < -0.3 is 20.1 Å². The molecule has 1 saturated heterocycles. The number of hydrogen-bond acceptors (Lipinski definition) is 5. The summed E-state index contributed by atoms with van der Waals surface area (Å²) in [6.07, 6.45) is 5.70. The number of pyridine rings is 1. The number of ether oxygens (including phenoxy) is 2. The molecule has 0 aliphatic carbocycles. The molecule has 7 nitrogen and oxygen atoms in total. The predicted octanol–water partition coefficient (Wildman–Crippen LogP) is 0.757. The molecule has 1 unspecified atom stereocenters. The standard InChI is InChI=1S/C16H23N3O4/c1-22-6-3-5-18-15(20)12-8-13(10-17-9-12)16(21)19-11-14-4-2-7-23-14/h8-10,14H,2-7,11H2,1H3,(H,18,20)(H,19,21). The summed E-state index contributed by atoms with van der Waals surface area (Å²) < 4.78 is 10.4. The van der Waals surface area contributed by atoms with Crippen molar-refractivity contribution in [2.75, 3.05) is 33.4 Å². The molecule has 0 saturated carbocycles. The Bertz CT molecular complexity index is 530. The van der Waals surface area contributed by atoms with Crippen molar-refractivity contribution < 1.29 is 19.1 Å². The number of methoxy groups -OCH3 is 1. The van der Waals surface area contributed by atoms with Crippen LogP contribution in [0.2, 0.25) is 0 Å². The van der Waals surface area contributed by atoms with Gasteiger partial charge in [-0.2, -0.15) is 0 Å². The molecule has 0 radical (unpaired) electrons. The molecule has 23 heavy (non-hydrogen) atoms. The number of carbonyl (C=O) groups excluding carboxylic acids is 2. The molecule has 1 aliphatic rings. The van der Waals surface area contributed by atoms with E-state index in [1.165, 1.54) is 12.4 Å². The molecule has 1 aromatic rings. The van der Waals surface area contributed by atoms with E-state index < -0.39 is 0 Å². The molecule has 0 aromatic carbocycles. The van der Waals surface area contributed by atoms with Crippen molar-refractivity contribution in [3.63, 3.8) is 0 Å². The van der Waals surface area contributed by atoms with Crippen LogP contribution in [0.15, 0.2) is 18.5 Å². The van der Waals surface area contributed by atoms with Gasteiger partial charge in [0.15, 0.2) is 0 Å². The normalized spacial score (nSPS) is 17.0. The average molecular weight is 321 g/mol. The van der Waals surface area contributed by atoms with E-state index in [2.05, 4.69) is 15.6 Å². The highest BCUT2D eigenvalue weighted by atomic mass is 16.5. The van der Waals surface area contributed by atoms with Crippen LogP contribution >= 0.6 is 0 Å². The van der Waals surface area contributed by atoms with Crippen molar-refractivity contribution in [1.82, 2.24) is 15.6 Å². The van der Waals surface area contributed by atoms with Crippen LogP contribution in [0.5, 0.6) is 0 Å². The summed E-state index contributed by atoms with van der Waals surface area (Å²) in [4.78, 5) is 28.1. The lowest BCUT2D eigenvalue weighted by atomic mass is 10.1. The van der Waals surface area contributed by atoms with E-state index in [-0.39, 0.29) is 17.9 Å². The Balaban J connectivity index is 1.85. The zero-order valence-corrected chi connectivity index (χ0v) is 13.3. The third kappa shape index (κ3) is 5.61. The van der Waals surface area contributed by atoms with E-state index in [0.717, 1.165) is 25.9 Å². The zero-order valence-electron chi connectivity index (χ0n) is 13.3. The molecule has 126 valence electrons. The summed E-state index contributed by atoms with van der Waals surface area (Å²) in [6, 6.07) is 1.55. The molecule has 0 bridgehead atoms. The second-order valence-corrected chi connectivity index (χ2v) is 5.41.